The number of halogens is 4. The second kappa shape index (κ2) is 6.54. The molecule has 2 N–H and O–H groups in total. The van der Waals surface area contributed by atoms with E-state index in [2.05, 4.69) is 23.7 Å². The fourth-order valence-corrected chi connectivity index (χ4v) is 2.65. The summed E-state index contributed by atoms with van der Waals surface area (Å²) < 4.78 is 38.6. The molecule has 0 saturated carbocycles. The van der Waals surface area contributed by atoms with E-state index in [1.54, 1.807) is 0 Å². The minimum atomic E-state index is -4.22. The Hall–Kier alpha value is -0.790. The van der Waals surface area contributed by atoms with Crippen LogP contribution in [0, 0.1) is 5.41 Å². The summed E-state index contributed by atoms with van der Waals surface area (Å²) in [6.45, 7) is 5.19. The molecule has 1 aliphatic rings. The lowest BCUT2D eigenvalue weighted by atomic mass is 9.80. The molecule has 1 aromatic heterocycles. The molecule has 1 aliphatic heterocycles. The van der Waals surface area contributed by atoms with Gasteiger partial charge in [0.1, 0.15) is 12.4 Å². The second-order valence-corrected chi connectivity index (χ2v) is 6.18. The molecule has 2 rings (SSSR count). The monoisotopic (exact) mass is 326 g/mol. The largest absolute Gasteiger partial charge is 0.406 e. The summed E-state index contributed by atoms with van der Waals surface area (Å²) in [6, 6.07) is 0.133. The highest BCUT2D eigenvalue weighted by atomic mass is 35.5. The Balaban J connectivity index is 0.00000220. The molecule has 1 aromatic rings. The maximum absolute atomic E-state index is 12.5. The Bertz CT molecular complexity index is 459. The van der Waals surface area contributed by atoms with Crippen molar-refractivity contribution in [3.63, 3.8) is 0 Å². The Kier molecular flexibility index (Phi) is 5.69. The first-order valence-electron chi connectivity index (χ1n) is 6.72. The summed E-state index contributed by atoms with van der Waals surface area (Å²) in [5.74, 6) is 0.452. The first kappa shape index (κ1) is 18.3. The lowest BCUT2D eigenvalue weighted by Gasteiger charge is -2.42. The quantitative estimate of drug-likeness (QED) is 0.928. The fraction of sp³-hybridized carbons (Fsp3) is 0.769. The zero-order chi connectivity index (χ0) is 15.0. The predicted octanol–water partition coefficient (Wildman–Crippen LogP) is 2.43. The molecule has 0 aromatic carbocycles. The van der Waals surface area contributed by atoms with Gasteiger partial charge in [0, 0.05) is 31.5 Å². The van der Waals surface area contributed by atoms with Crippen LogP contribution in [0.25, 0.3) is 0 Å². The van der Waals surface area contributed by atoms with Crippen LogP contribution in [0.1, 0.15) is 26.1 Å². The Morgan fingerprint density at radius 3 is 2.67 bits per heavy atom. The second-order valence-electron chi connectivity index (χ2n) is 6.18. The molecule has 1 atom stereocenters. The van der Waals surface area contributed by atoms with Gasteiger partial charge in [-0.05, 0) is 11.8 Å². The van der Waals surface area contributed by atoms with Crippen molar-refractivity contribution in [2.24, 2.45) is 11.1 Å². The molecule has 0 aliphatic carbocycles. The molecule has 0 bridgehead atoms. The van der Waals surface area contributed by atoms with Crippen molar-refractivity contribution in [3.05, 3.63) is 18.2 Å². The molecule has 0 amide bonds. The molecule has 21 heavy (non-hydrogen) atoms. The van der Waals surface area contributed by atoms with E-state index in [0.717, 1.165) is 19.5 Å². The molecular weight excluding hydrogens is 305 g/mol. The SMILES string of the molecule is CC1(C)CN(Cc2nccn2CC(F)(F)F)CCC1N.Cl. The number of hydrogen-bond donors (Lipinski definition) is 1. The van der Waals surface area contributed by atoms with Crippen molar-refractivity contribution in [2.75, 3.05) is 13.1 Å². The summed E-state index contributed by atoms with van der Waals surface area (Å²) in [6.07, 6.45) is -0.572. The molecule has 0 spiro atoms. The van der Waals surface area contributed by atoms with Crippen LogP contribution in [0.5, 0.6) is 0 Å². The summed E-state index contributed by atoms with van der Waals surface area (Å²) in [4.78, 5) is 6.17. The van der Waals surface area contributed by atoms with Crippen molar-refractivity contribution in [1.82, 2.24) is 14.5 Å². The molecule has 4 nitrogen and oxygen atoms in total. The van der Waals surface area contributed by atoms with Gasteiger partial charge in [-0.2, -0.15) is 13.2 Å². The van der Waals surface area contributed by atoms with Crippen LogP contribution >= 0.6 is 12.4 Å². The smallest absolute Gasteiger partial charge is 0.327 e. The number of nitrogens with two attached hydrogens (primary N) is 1. The number of alkyl halides is 3. The van der Waals surface area contributed by atoms with Gasteiger partial charge in [-0.15, -0.1) is 12.4 Å². The van der Waals surface area contributed by atoms with Crippen molar-refractivity contribution >= 4 is 12.4 Å². The van der Waals surface area contributed by atoms with E-state index in [1.165, 1.54) is 17.0 Å². The van der Waals surface area contributed by atoms with Gasteiger partial charge >= 0.3 is 6.18 Å². The third-order valence-electron chi connectivity index (χ3n) is 3.91. The van der Waals surface area contributed by atoms with Crippen LogP contribution in [0.2, 0.25) is 0 Å². The summed E-state index contributed by atoms with van der Waals surface area (Å²) in [5.41, 5.74) is 6.04. The third-order valence-corrected chi connectivity index (χ3v) is 3.91. The number of imidazole rings is 1. The van der Waals surface area contributed by atoms with Crippen LogP contribution < -0.4 is 5.73 Å². The Labute approximate surface area is 128 Å². The number of rotatable bonds is 3. The van der Waals surface area contributed by atoms with Crippen LogP contribution in [-0.4, -0.2) is 39.8 Å². The minimum Gasteiger partial charge on any atom is -0.327 e. The molecule has 8 heteroatoms. The highest BCUT2D eigenvalue weighted by Gasteiger charge is 2.34. The van der Waals surface area contributed by atoms with Crippen LogP contribution in [0.4, 0.5) is 13.2 Å². The standard InChI is InChI=1S/C13H21F3N4.ClH/c1-12(2)8-19(5-3-10(12)17)7-11-18-4-6-20(11)9-13(14,15)16;/h4,6,10H,3,5,7-9,17H2,1-2H3;1H. The fourth-order valence-electron chi connectivity index (χ4n) is 2.65. The number of piperidine rings is 1. The van der Waals surface area contributed by atoms with Gasteiger partial charge in [-0.3, -0.25) is 4.90 Å². The third kappa shape index (κ3) is 4.86. The van der Waals surface area contributed by atoms with E-state index in [1.807, 2.05) is 0 Å². The van der Waals surface area contributed by atoms with E-state index in [9.17, 15) is 13.2 Å². The van der Waals surface area contributed by atoms with E-state index < -0.39 is 12.7 Å². The zero-order valence-corrected chi connectivity index (χ0v) is 13.0. The molecular formula is C13H22ClF3N4. The molecule has 0 radical (unpaired) electrons. The van der Waals surface area contributed by atoms with E-state index in [-0.39, 0.29) is 23.9 Å². The highest BCUT2D eigenvalue weighted by molar-refractivity contribution is 5.85. The Morgan fingerprint density at radius 1 is 1.43 bits per heavy atom. The molecule has 122 valence electrons. The number of nitrogens with zero attached hydrogens (tertiary/aromatic N) is 3. The first-order valence-corrected chi connectivity index (χ1v) is 6.72. The number of hydrogen-bond acceptors (Lipinski definition) is 3. The lowest BCUT2D eigenvalue weighted by molar-refractivity contribution is -0.141. The van der Waals surface area contributed by atoms with E-state index >= 15 is 0 Å². The maximum Gasteiger partial charge on any atom is 0.406 e. The zero-order valence-electron chi connectivity index (χ0n) is 12.2. The number of likely N-dealkylation sites (tertiary alicyclic amines) is 1. The van der Waals surface area contributed by atoms with Crippen molar-refractivity contribution in [2.45, 2.75) is 45.6 Å². The van der Waals surface area contributed by atoms with E-state index in [4.69, 9.17) is 5.73 Å². The lowest BCUT2D eigenvalue weighted by Crippen LogP contribution is -2.52. The van der Waals surface area contributed by atoms with Gasteiger partial charge in [0.15, 0.2) is 0 Å². The van der Waals surface area contributed by atoms with Crippen LogP contribution in [0.3, 0.4) is 0 Å². The van der Waals surface area contributed by atoms with Gasteiger partial charge in [0.25, 0.3) is 0 Å². The first-order chi connectivity index (χ1) is 9.17. The normalized spacial score (nSPS) is 22.9. The topological polar surface area (TPSA) is 47.1 Å². The molecule has 1 fully saturated rings. The Morgan fingerprint density at radius 2 is 2.10 bits per heavy atom. The van der Waals surface area contributed by atoms with Gasteiger partial charge in [-0.25, -0.2) is 4.98 Å². The summed E-state index contributed by atoms with van der Waals surface area (Å²) in [7, 11) is 0. The highest BCUT2D eigenvalue weighted by Crippen LogP contribution is 2.28. The van der Waals surface area contributed by atoms with Crippen molar-refractivity contribution < 1.29 is 13.2 Å². The summed E-state index contributed by atoms with van der Waals surface area (Å²) in [5, 5.41) is 0. The van der Waals surface area contributed by atoms with Crippen LogP contribution in [0.15, 0.2) is 12.4 Å². The van der Waals surface area contributed by atoms with Crippen molar-refractivity contribution in [1.29, 1.82) is 0 Å². The van der Waals surface area contributed by atoms with Gasteiger partial charge in [0.2, 0.25) is 0 Å². The predicted molar refractivity (Wildman–Crippen MR) is 77.2 cm³/mol. The van der Waals surface area contributed by atoms with Gasteiger partial charge < -0.3 is 10.3 Å². The van der Waals surface area contributed by atoms with Gasteiger partial charge in [-0.1, -0.05) is 13.8 Å². The van der Waals surface area contributed by atoms with Crippen LogP contribution in [-0.2, 0) is 13.1 Å². The minimum absolute atomic E-state index is 0. The van der Waals surface area contributed by atoms with Gasteiger partial charge in [0.05, 0.1) is 6.54 Å². The molecule has 1 unspecified atom stereocenters. The average molecular weight is 327 g/mol. The van der Waals surface area contributed by atoms with Crippen molar-refractivity contribution in [3.8, 4) is 0 Å². The number of aromatic nitrogens is 2. The molecule has 1 saturated heterocycles. The average Bonchev–Trinajstić information content (AvgIpc) is 2.68. The maximum atomic E-state index is 12.5. The van der Waals surface area contributed by atoms with E-state index in [0.29, 0.717) is 12.4 Å². The molecule has 2 heterocycles. The summed E-state index contributed by atoms with van der Waals surface area (Å²) >= 11 is 0.